The molecule has 0 radical (unpaired) electrons. The number of halogens is 9. The van der Waals surface area contributed by atoms with E-state index in [0.29, 0.717) is 52.6 Å². The predicted octanol–water partition coefficient (Wildman–Crippen LogP) is 13.2. The summed E-state index contributed by atoms with van der Waals surface area (Å²) in [6.45, 7) is 9.25. The highest BCUT2D eigenvalue weighted by atomic mass is 19.4. The molecule has 6 aromatic carbocycles. The summed E-state index contributed by atoms with van der Waals surface area (Å²) >= 11 is 0. The van der Waals surface area contributed by atoms with Gasteiger partial charge in [-0.05, 0) is 147 Å². The van der Waals surface area contributed by atoms with E-state index in [0.717, 1.165) is 47.5 Å². The number of hydrogen-bond donors (Lipinski definition) is 8. The average molecular weight is 1230 g/mol. The van der Waals surface area contributed by atoms with Crippen LogP contribution in [-0.4, -0.2) is 65.5 Å². The van der Waals surface area contributed by atoms with Gasteiger partial charge in [-0.1, -0.05) is 134 Å². The quantitative estimate of drug-likeness (QED) is 0.0207. The molecule has 24 heteroatoms. The monoisotopic (exact) mass is 1230 g/mol. The van der Waals surface area contributed by atoms with Crippen LogP contribution in [0.4, 0.5) is 39.5 Å². The maximum absolute atomic E-state index is 12.7. The molecule has 9 N–H and O–H groups in total. The molecule has 1 aromatic heterocycles. The number of aliphatic hydroxyl groups is 3. The number of nitrogens with zero attached hydrogens (tertiary/aromatic N) is 2. The first-order chi connectivity index (χ1) is 39.2. The maximum atomic E-state index is 12.7. The molecule has 0 aliphatic rings. The third-order valence-corrected chi connectivity index (χ3v) is 13.1. The van der Waals surface area contributed by atoms with Crippen LogP contribution in [0.3, 0.4) is 0 Å². The van der Waals surface area contributed by atoms with Crippen molar-refractivity contribution in [2.24, 2.45) is 5.84 Å². The third-order valence-electron chi connectivity index (χ3n) is 13.1. The number of alkyl halides is 9. The van der Waals surface area contributed by atoms with Gasteiger partial charge in [-0.3, -0.25) is 30.7 Å². The van der Waals surface area contributed by atoms with Crippen molar-refractivity contribution in [3.8, 4) is 11.5 Å². The lowest BCUT2D eigenvalue weighted by molar-refractivity contribution is -0.156. The highest BCUT2D eigenvalue weighted by Gasteiger charge is 2.33. The first kappa shape index (κ1) is 76.6. The molecule has 3 unspecified atom stereocenters. The van der Waals surface area contributed by atoms with E-state index in [-0.39, 0.29) is 58.9 Å². The van der Waals surface area contributed by atoms with Gasteiger partial charge in [-0.25, -0.2) is 10.6 Å². The molecule has 0 saturated heterocycles. The first-order valence-electron chi connectivity index (χ1n) is 25.8. The predicted molar refractivity (Wildman–Crippen MR) is 312 cm³/mol. The molecule has 0 bridgehead atoms. The van der Waals surface area contributed by atoms with Gasteiger partial charge in [0.2, 0.25) is 11.8 Å². The van der Waals surface area contributed by atoms with Gasteiger partial charge in [0.1, 0.15) is 11.2 Å². The lowest BCUT2D eigenvalue weighted by atomic mass is 9.98. The summed E-state index contributed by atoms with van der Waals surface area (Å²) in [6, 6.07) is 35.3. The van der Waals surface area contributed by atoms with Crippen molar-refractivity contribution in [1.82, 2.24) is 26.5 Å². The number of hydrogen-bond acceptors (Lipinski definition) is 11. The van der Waals surface area contributed by atoms with Crippen LogP contribution in [0.2, 0.25) is 0 Å². The Bertz CT molecular complexity index is 3290. The summed E-state index contributed by atoms with van der Waals surface area (Å²) in [5, 5.41) is 45.1. The number of carboxylic acids is 1. The molecule has 15 nitrogen and oxygen atoms in total. The van der Waals surface area contributed by atoms with Gasteiger partial charge in [-0.2, -0.15) is 39.5 Å². The minimum absolute atomic E-state index is 0. The minimum atomic E-state index is -4.41. The Hall–Kier alpha value is -8.45. The van der Waals surface area contributed by atoms with E-state index < -0.39 is 75.7 Å². The number of carbonyl (C=O) groups excluding carboxylic acids is 3. The standard InChI is InChI=1S/C20H21F3N2O3.C20H19F3N2O2.C15H13F3N2O.C5H10O3.3CH4/c1-3-19(2,28)18(27)25-24-17(26)16-7-5-4-6-14(16)12-13-8-10-15(11-9-13)20(21,22)23;1-3-19(2,26)18-25-24-17(27-18)16-7-5-4-6-14(16)12-13-8-10-15(11-9-13)20(21,22)23;16-15(17,18)12-7-5-10(6-8-12)9-11-3-1-2-4-13(11)14(21)20-19;1-3-5(2,8)4(6)7;;;/h4-11,28H,3,12H2,1-2H3,(H,24,26)(H,25,27);4-11,26H,3,12H2,1-2H3;1-8H,9,19H2,(H,20,21);8H,3H2,1-2H3,(H,6,7);3*1H4. The number of aromatic nitrogens is 2. The van der Waals surface area contributed by atoms with Crippen molar-refractivity contribution >= 4 is 23.7 Å². The van der Waals surface area contributed by atoms with Crippen LogP contribution in [-0.2, 0) is 53.0 Å². The van der Waals surface area contributed by atoms with E-state index in [2.05, 4.69) is 21.0 Å². The zero-order valence-corrected chi connectivity index (χ0v) is 46.3. The number of carboxylic acid groups (broad SMARTS) is 1. The maximum Gasteiger partial charge on any atom is 0.416 e. The molecule has 7 rings (SSSR count). The molecule has 0 aliphatic carbocycles. The Morgan fingerprint density at radius 2 is 0.839 bits per heavy atom. The van der Waals surface area contributed by atoms with E-state index in [9.17, 15) is 68.9 Å². The second kappa shape index (κ2) is 32.9. The number of hydrazine groups is 2. The van der Waals surface area contributed by atoms with Crippen molar-refractivity contribution in [2.75, 3.05) is 0 Å². The van der Waals surface area contributed by atoms with Crippen LogP contribution in [0.5, 0.6) is 0 Å². The molecule has 3 amide bonds. The van der Waals surface area contributed by atoms with Crippen LogP contribution in [0, 0.1) is 0 Å². The molecular formula is C63H75F9N6O9. The average Bonchev–Trinajstić information content (AvgIpc) is 3.44. The van der Waals surface area contributed by atoms with E-state index in [4.69, 9.17) is 20.5 Å². The summed E-state index contributed by atoms with van der Waals surface area (Å²) in [6.07, 6.45) is -11.3. The molecule has 0 aliphatic heterocycles. The van der Waals surface area contributed by atoms with Crippen LogP contribution in [0.25, 0.3) is 11.5 Å². The summed E-state index contributed by atoms with van der Waals surface area (Å²) in [4.78, 5) is 45.9. The molecule has 0 fully saturated rings. The van der Waals surface area contributed by atoms with Gasteiger partial charge in [0.05, 0.1) is 16.7 Å². The second-order valence-electron chi connectivity index (χ2n) is 19.6. The minimum Gasteiger partial charge on any atom is -0.479 e. The smallest absolute Gasteiger partial charge is 0.416 e. The van der Waals surface area contributed by atoms with Crippen LogP contribution in [0.1, 0.15) is 160 Å². The van der Waals surface area contributed by atoms with E-state index in [1.54, 1.807) is 75.4 Å². The molecule has 87 heavy (non-hydrogen) atoms. The molecule has 1 heterocycles. The van der Waals surface area contributed by atoms with Crippen LogP contribution >= 0.6 is 0 Å². The Labute approximate surface area is 499 Å². The molecule has 7 aromatic rings. The summed E-state index contributed by atoms with van der Waals surface area (Å²) in [5.41, 5.74) is 5.46. The second-order valence-corrected chi connectivity index (χ2v) is 19.6. The summed E-state index contributed by atoms with van der Waals surface area (Å²) in [5.74, 6) is 2.56. The zero-order valence-electron chi connectivity index (χ0n) is 46.3. The van der Waals surface area contributed by atoms with Crippen molar-refractivity contribution in [1.29, 1.82) is 0 Å². The fourth-order valence-corrected chi connectivity index (χ4v) is 7.18. The van der Waals surface area contributed by atoms with Crippen molar-refractivity contribution < 1.29 is 83.5 Å². The lowest BCUT2D eigenvalue weighted by Gasteiger charge is -2.20. The topological polar surface area (TPSA) is 250 Å². The van der Waals surface area contributed by atoms with Crippen LogP contribution < -0.4 is 22.1 Å². The number of nitrogens with two attached hydrogens (primary N) is 1. The zero-order chi connectivity index (χ0) is 62.8. The number of rotatable bonds is 15. The van der Waals surface area contributed by atoms with Crippen molar-refractivity contribution in [3.63, 3.8) is 0 Å². The third kappa shape index (κ3) is 22.7. The normalized spacial score (nSPS) is 13.0. The van der Waals surface area contributed by atoms with Crippen molar-refractivity contribution in [2.45, 2.75) is 138 Å². The van der Waals surface area contributed by atoms with Crippen molar-refractivity contribution in [3.05, 3.63) is 213 Å². The summed E-state index contributed by atoms with van der Waals surface area (Å²) < 4.78 is 119. The van der Waals surface area contributed by atoms with E-state index in [1.807, 2.05) is 30.5 Å². The number of carbonyl (C=O) groups is 4. The highest BCUT2D eigenvalue weighted by Crippen LogP contribution is 2.33. The Kier molecular flexibility index (Phi) is 28.9. The van der Waals surface area contributed by atoms with Gasteiger partial charge < -0.3 is 24.8 Å². The van der Waals surface area contributed by atoms with E-state index >= 15 is 0 Å². The van der Waals surface area contributed by atoms with Crippen LogP contribution in [0.15, 0.2) is 150 Å². The number of benzene rings is 6. The Balaban J connectivity index is 0.000000608. The molecule has 0 saturated carbocycles. The fourth-order valence-electron chi connectivity index (χ4n) is 7.18. The molecular weight excluding hydrogens is 1160 g/mol. The number of nitrogens with one attached hydrogen (secondary N) is 3. The van der Waals surface area contributed by atoms with Gasteiger partial charge in [0.15, 0.2) is 5.60 Å². The van der Waals surface area contributed by atoms with Gasteiger partial charge in [-0.15, -0.1) is 10.2 Å². The van der Waals surface area contributed by atoms with Gasteiger partial charge in [0, 0.05) is 16.7 Å². The lowest BCUT2D eigenvalue weighted by Crippen LogP contribution is -2.51. The van der Waals surface area contributed by atoms with Gasteiger partial charge >= 0.3 is 24.5 Å². The first-order valence-corrected chi connectivity index (χ1v) is 25.8. The largest absolute Gasteiger partial charge is 0.479 e. The number of nitrogen functional groups attached to an aromatic ring is 1. The number of amides is 3. The Morgan fingerprint density at radius 1 is 0.483 bits per heavy atom. The Morgan fingerprint density at radius 3 is 1.18 bits per heavy atom. The van der Waals surface area contributed by atoms with Gasteiger partial charge in [0.25, 0.3) is 17.7 Å². The molecule has 474 valence electrons. The molecule has 3 atom stereocenters. The highest BCUT2D eigenvalue weighted by molar-refractivity contribution is 5.97. The molecule has 0 spiro atoms. The SMILES string of the molecule is C.C.C.CCC(C)(O)C(=O)NNC(=O)c1ccccc1Cc1ccc(C(F)(F)F)cc1.CCC(C)(O)C(=O)O.CCC(C)(O)c1nnc(-c2ccccc2Cc2ccc(C(F)(F)F)cc2)o1.NNC(=O)c1ccccc1Cc1ccc(C(F)(F)F)cc1. The number of aliphatic carboxylic acids is 1. The van der Waals surface area contributed by atoms with E-state index in [1.165, 1.54) is 50.2 Å². The fraction of sp³-hybridized carbons (Fsp3) is 0.333. The summed E-state index contributed by atoms with van der Waals surface area (Å²) in [7, 11) is 0.